The van der Waals surface area contributed by atoms with Crippen LogP contribution in [0.15, 0.2) is 74.6 Å². The number of likely N-dealkylation sites (tertiary alicyclic amines) is 1. The Hall–Kier alpha value is -3.74. The van der Waals surface area contributed by atoms with Crippen LogP contribution in [0.1, 0.15) is 31.0 Å². The predicted molar refractivity (Wildman–Crippen MR) is 131 cm³/mol. The topological polar surface area (TPSA) is 84.0 Å². The highest BCUT2D eigenvalue weighted by Gasteiger charge is 2.21. The molecule has 1 aliphatic heterocycles. The molecule has 2 aromatic heterocycles. The number of allylic oxidation sites excluding steroid dienone is 2. The fraction of sp³-hybridized carbons (Fsp3) is 0.280. The number of nitrogens with zero attached hydrogens (tertiary/aromatic N) is 4. The largest absolute Gasteiger partial charge is 0.481 e. The van der Waals surface area contributed by atoms with Crippen LogP contribution in [0.25, 0.3) is 12.2 Å². The van der Waals surface area contributed by atoms with E-state index in [2.05, 4.69) is 53.6 Å². The van der Waals surface area contributed by atoms with E-state index in [0.29, 0.717) is 17.4 Å². The van der Waals surface area contributed by atoms with Crippen molar-refractivity contribution in [2.45, 2.75) is 19.8 Å². The number of piperidine rings is 1. The number of nitrogens with one attached hydrogen (secondary N) is 1. The first kappa shape index (κ1) is 26.3. The fourth-order valence-corrected chi connectivity index (χ4v) is 2.99. The number of H-pyrrole nitrogens is 1. The van der Waals surface area contributed by atoms with Crippen LogP contribution in [0, 0.1) is 5.92 Å². The van der Waals surface area contributed by atoms with E-state index in [1.165, 1.54) is 6.42 Å². The van der Waals surface area contributed by atoms with Crippen LogP contribution < -0.4 is 4.74 Å². The smallest absolute Gasteiger partial charge is 0.253 e. The Kier molecular flexibility index (Phi) is 12.4. The van der Waals surface area contributed by atoms with Crippen molar-refractivity contribution >= 4 is 18.1 Å². The number of aromatic nitrogens is 4. The van der Waals surface area contributed by atoms with E-state index < -0.39 is 0 Å². The maximum absolute atomic E-state index is 12.0. The molecule has 32 heavy (non-hydrogen) atoms. The van der Waals surface area contributed by atoms with Gasteiger partial charge in [-0.1, -0.05) is 57.5 Å². The Balaban J connectivity index is 0.000000267. The van der Waals surface area contributed by atoms with Crippen molar-refractivity contribution in [2.75, 3.05) is 20.2 Å². The zero-order valence-corrected chi connectivity index (χ0v) is 19.0. The molecule has 1 N–H and O–H groups in total. The summed E-state index contributed by atoms with van der Waals surface area (Å²) in [6.45, 7) is 18.5. The number of pyridine rings is 1. The molecule has 7 heteroatoms. The van der Waals surface area contributed by atoms with Gasteiger partial charge in [-0.3, -0.25) is 4.79 Å². The molecule has 3 rings (SSSR count). The summed E-state index contributed by atoms with van der Waals surface area (Å²) in [6.07, 6.45) is 13.9. The van der Waals surface area contributed by atoms with Gasteiger partial charge in [0.2, 0.25) is 5.88 Å². The number of methoxy groups -OCH3 is 1. The first-order valence-electron chi connectivity index (χ1n) is 10.3. The van der Waals surface area contributed by atoms with Gasteiger partial charge in [-0.15, -0.1) is 0 Å². The molecule has 1 saturated heterocycles. The Labute approximate surface area is 190 Å². The van der Waals surface area contributed by atoms with Gasteiger partial charge >= 0.3 is 0 Å². The van der Waals surface area contributed by atoms with Crippen LogP contribution >= 0.6 is 0 Å². The highest BCUT2D eigenvalue weighted by molar-refractivity contribution is 5.96. The van der Waals surface area contributed by atoms with Gasteiger partial charge in [0.15, 0.2) is 0 Å². The van der Waals surface area contributed by atoms with Gasteiger partial charge < -0.3 is 9.64 Å². The van der Waals surface area contributed by atoms with Crippen molar-refractivity contribution in [3.63, 3.8) is 0 Å². The number of carbonyl (C=O) groups excluding carboxylic acids is 1. The number of carbonyl (C=O) groups is 1. The molecule has 1 unspecified atom stereocenters. The highest BCUT2D eigenvalue weighted by Crippen LogP contribution is 2.17. The highest BCUT2D eigenvalue weighted by atomic mass is 16.5. The maximum Gasteiger partial charge on any atom is 0.253 e. The normalized spacial score (nSPS) is 15.1. The van der Waals surface area contributed by atoms with E-state index in [1.807, 2.05) is 11.0 Å². The lowest BCUT2D eigenvalue weighted by Crippen LogP contribution is -2.39. The molecule has 0 saturated carbocycles. The summed E-state index contributed by atoms with van der Waals surface area (Å²) in [6, 6.07) is 3.69. The van der Waals surface area contributed by atoms with Gasteiger partial charge in [-0.2, -0.15) is 15.4 Å². The third-order valence-corrected chi connectivity index (χ3v) is 4.59. The van der Waals surface area contributed by atoms with Gasteiger partial charge in [0, 0.05) is 24.7 Å². The zero-order chi connectivity index (χ0) is 23.8. The van der Waals surface area contributed by atoms with Crippen LogP contribution in [-0.2, 0) is 4.79 Å². The quantitative estimate of drug-likeness (QED) is 0.524. The molecule has 0 bridgehead atoms. The summed E-state index contributed by atoms with van der Waals surface area (Å²) >= 11 is 0. The van der Waals surface area contributed by atoms with E-state index >= 15 is 0 Å². The second-order valence-corrected chi connectivity index (χ2v) is 6.95. The summed E-state index contributed by atoms with van der Waals surface area (Å²) < 4.78 is 4.96. The van der Waals surface area contributed by atoms with E-state index in [4.69, 9.17) is 4.74 Å². The SMILES string of the molecule is C=C/C=C(\C=C)C(=O)N1CCCC(C)C1.C=Cc1ccc(OC)nc1C=C.c1cn[nH]n1. The van der Waals surface area contributed by atoms with E-state index in [1.54, 1.807) is 55.9 Å². The van der Waals surface area contributed by atoms with Crippen molar-refractivity contribution in [1.29, 1.82) is 0 Å². The number of aromatic amines is 1. The van der Waals surface area contributed by atoms with Gasteiger partial charge in [0.1, 0.15) is 0 Å². The Morgan fingerprint density at radius 2 is 1.91 bits per heavy atom. The van der Waals surface area contributed by atoms with Gasteiger partial charge in [-0.05, 0) is 36.5 Å². The first-order valence-corrected chi connectivity index (χ1v) is 10.3. The average Bonchev–Trinajstić information content (AvgIpc) is 3.42. The van der Waals surface area contributed by atoms with Crippen LogP contribution in [0.5, 0.6) is 5.88 Å². The summed E-state index contributed by atoms with van der Waals surface area (Å²) in [5.74, 6) is 1.28. The molecule has 170 valence electrons. The number of hydrogen-bond donors (Lipinski definition) is 1. The zero-order valence-electron chi connectivity index (χ0n) is 19.0. The summed E-state index contributed by atoms with van der Waals surface area (Å²) in [5.41, 5.74) is 2.40. The minimum Gasteiger partial charge on any atom is -0.481 e. The Bertz CT molecular complexity index is 886. The summed E-state index contributed by atoms with van der Waals surface area (Å²) in [5, 5.41) is 9.33. The third-order valence-electron chi connectivity index (χ3n) is 4.59. The van der Waals surface area contributed by atoms with Gasteiger partial charge in [0.25, 0.3) is 5.91 Å². The van der Waals surface area contributed by atoms with Gasteiger partial charge in [-0.25, -0.2) is 4.98 Å². The number of ether oxygens (including phenoxy) is 1. The molecule has 1 amide bonds. The molecule has 0 radical (unpaired) electrons. The molecule has 1 fully saturated rings. The first-order chi connectivity index (χ1) is 15.5. The average molecular weight is 436 g/mol. The lowest BCUT2D eigenvalue weighted by molar-refractivity contribution is -0.128. The monoisotopic (exact) mass is 435 g/mol. The van der Waals surface area contributed by atoms with Crippen molar-refractivity contribution in [3.8, 4) is 5.88 Å². The maximum atomic E-state index is 12.0. The van der Waals surface area contributed by atoms with E-state index in [0.717, 1.165) is 30.8 Å². The number of rotatable bonds is 6. The van der Waals surface area contributed by atoms with Crippen molar-refractivity contribution in [2.24, 2.45) is 5.92 Å². The second-order valence-electron chi connectivity index (χ2n) is 6.95. The molecule has 7 nitrogen and oxygen atoms in total. The summed E-state index contributed by atoms with van der Waals surface area (Å²) in [4.78, 5) is 18.1. The molecule has 1 atom stereocenters. The number of amides is 1. The molecule has 2 aromatic rings. The third kappa shape index (κ3) is 8.95. The minimum atomic E-state index is 0.0800. The molecular weight excluding hydrogens is 402 g/mol. The Morgan fingerprint density at radius 1 is 1.19 bits per heavy atom. The predicted octanol–water partition coefficient (Wildman–Crippen LogP) is 4.72. The lowest BCUT2D eigenvalue weighted by Gasteiger charge is -2.31. The minimum absolute atomic E-state index is 0.0800. The molecule has 1 aliphatic rings. The second kappa shape index (κ2) is 15.1. The van der Waals surface area contributed by atoms with Crippen LogP contribution in [0.3, 0.4) is 0 Å². The van der Waals surface area contributed by atoms with E-state index in [9.17, 15) is 4.79 Å². The molecular formula is C25H33N5O2. The van der Waals surface area contributed by atoms with Gasteiger partial charge in [0.05, 0.1) is 25.2 Å². The van der Waals surface area contributed by atoms with Crippen LogP contribution in [-0.4, -0.2) is 51.4 Å². The van der Waals surface area contributed by atoms with Crippen molar-refractivity contribution in [3.05, 3.63) is 85.9 Å². The fourth-order valence-electron chi connectivity index (χ4n) is 2.99. The summed E-state index contributed by atoms with van der Waals surface area (Å²) in [7, 11) is 1.59. The van der Waals surface area contributed by atoms with E-state index in [-0.39, 0.29) is 5.91 Å². The van der Waals surface area contributed by atoms with Crippen molar-refractivity contribution < 1.29 is 9.53 Å². The van der Waals surface area contributed by atoms with Crippen LogP contribution in [0.2, 0.25) is 0 Å². The Morgan fingerprint density at radius 3 is 2.38 bits per heavy atom. The standard InChI is InChI=1S/C13H19NO.C10H11NO.C2H3N3/c1-4-7-12(5-2)13(15)14-9-6-8-11(3)10-14;1-4-8-6-7-10(12-3)11-9(8)5-2;1-2-4-5-3-1/h4-5,7,11H,1-2,6,8-10H2,3H3;4-7H,1-2H2,3H3;1-2H,(H,3,4,5)/b12-7+;;. The van der Waals surface area contributed by atoms with Crippen LogP contribution in [0.4, 0.5) is 0 Å². The molecule has 0 aromatic carbocycles. The molecule has 3 heterocycles. The molecule has 0 aliphatic carbocycles. The van der Waals surface area contributed by atoms with Crippen molar-refractivity contribution in [1.82, 2.24) is 25.3 Å². The lowest BCUT2D eigenvalue weighted by atomic mass is 9.99. The number of hydrogen-bond acceptors (Lipinski definition) is 5. The molecule has 0 spiro atoms.